The van der Waals surface area contributed by atoms with E-state index in [1.54, 1.807) is 12.1 Å². The van der Waals surface area contributed by atoms with Crippen molar-refractivity contribution in [3.8, 4) is 0 Å². The lowest BCUT2D eigenvalue weighted by molar-refractivity contribution is 0.250. The molecule has 0 radical (unpaired) electrons. The molecule has 0 fully saturated rings. The molecule has 0 aromatic heterocycles. The molecule has 0 bridgehead atoms. The quantitative estimate of drug-likeness (QED) is 0.751. The molecule has 0 atom stereocenters. The van der Waals surface area contributed by atoms with Crippen molar-refractivity contribution in [1.82, 2.24) is 5.32 Å². The number of nitrogens with one attached hydrogen (secondary N) is 2. The van der Waals surface area contributed by atoms with Crippen LogP contribution in [0.15, 0.2) is 22.7 Å². The zero-order chi connectivity index (χ0) is 13.0. The molecule has 4 N–H and O–H groups in total. The second kappa shape index (κ2) is 5.97. The number of benzene rings is 1. The van der Waals surface area contributed by atoms with Crippen LogP contribution in [0.3, 0.4) is 0 Å². The fraction of sp³-hybridized carbons (Fsp3) is 0.273. The van der Waals surface area contributed by atoms with Gasteiger partial charge >= 0.3 is 6.03 Å². The van der Waals surface area contributed by atoms with Gasteiger partial charge in [-0.05, 0) is 32.0 Å². The highest BCUT2D eigenvalue weighted by Crippen LogP contribution is 2.21. The Morgan fingerprint density at radius 3 is 2.65 bits per heavy atom. The molecule has 1 aromatic carbocycles. The first-order valence-corrected chi connectivity index (χ1v) is 6.27. The highest BCUT2D eigenvalue weighted by atomic mass is 79.9. The lowest BCUT2D eigenvalue weighted by Gasteiger charge is -2.13. The van der Waals surface area contributed by atoms with Crippen LogP contribution in [0.2, 0.25) is 0 Å². The van der Waals surface area contributed by atoms with Crippen LogP contribution in [0.4, 0.5) is 10.5 Å². The van der Waals surface area contributed by atoms with Gasteiger partial charge in [-0.2, -0.15) is 0 Å². The molecule has 4 nitrogen and oxygen atoms in total. The first-order valence-electron chi connectivity index (χ1n) is 5.07. The third-order valence-electron chi connectivity index (χ3n) is 1.92. The summed E-state index contributed by atoms with van der Waals surface area (Å²) in [7, 11) is 0. The summed E-state index contributed by atoms with van der Waals surface area (Å²) >= 11 is 8.25. The molecule has 0 aliphatic carbocycles. The lowest BCUT2D eigenvalue weighted by atomic mass is 10.2. The van der Waals surface area contributed by atoms with E-state index < -0.39 is 0 Å². The fourth-order valence-corrected chi connectivity index (χ4v) is 1.79. The Morgan fingerprint density at radius 2 is 2.12 bits per heavy atom. The van der Waals surface area contributed by atoms with Gasteiger partial charge in [0.25, 0.3) is 0 Å². The molecule has 6 heteroatoms. The van der Waals surface area contributed by atoms with Crippen LogP contribution in [0.25, 0.3) is 0 Å². The monoisotopic (exact) mass is 315 g/mol. The summed E-state index contributed by atoms with van der Waals surface area (Å²) in [5.41, 5.74) is 6.81. The van der Waals surface area contributed by atoms with Crippen LogP contribution in [-0.2, 0) is 0 Å². The van der Waals surface area contributed by atoms with Gasteiger partial charge in [0.1, 0.15) is 4.99 Å². The van der Waals surface area contributed by atoms with Crippen molar-refractivity contribution in [3.05, 3.63) is 28.2 Å². The van der Waals surface area contributed by atoms with Crippen LogP contribution in [-0.4, -0.2) is 17.1 Å². The van der Waals surface area contributed by atoms with E-state index >= 15 is 0 Å². The van der Waals surface area contributed by atoms with Crippen molar-refractivity contribution < 1.29 is 4.79 Å². The van der Waals surface area contributed by atoms with Crippen molar-refractivity contribution in [3.63, 3.8) is 0 Å². The minimum Gasteiger partial charge on any atom is -0.389 e. The number of urea groups is 1. The second-order valence-electron chi connectivity index (χ2n) is 3.81. The van der Waals surface area contributed by atoms with E-state index in [0.717, 1.165) is 4.47 Å². The van der Waals surface area contributed by atoms with Gasteiger partial charge in [-0.1, -0.05) is 28.1 Å². The van der Waals surface area contributed by atoms with Gasteiger partial charge in [0, 0.05) is 16.1 Å². The van der Waals surface area contributed by atoms with E-state index in [0.29, 0.717) is 11.3 Å². The molecule has 17 heavy (non-hydrogen) atoms. The maximum absolute atomic E-state index is 11.6. The van der Waals surface area contributed by atoms with Crippen molar-refractivity contribution in [2.45, 2.75) is 19.9 Å². The summed E-state index contributed by atoms with van der Waals surface area (Å²) < 4.78 is 0.845. The number of carbonyl (C=O) groups is 1. The molecule has 0 heterocycles. The summed E-state index contributed by atoms with van der Waals surface area (Å²) in [4.78, 5) is 11.8. The first-order chi connectivity index (χ1) is 7.90. The first kappa shape index (κ1) is 13.9. The van der Waals surface area contributed by atoms with Gasteiger partial charge in [-0.15, -0.1) is 0 Å². The van der Waals surface area contributed by atoms with Crippen LogP contribution >= 0.6 is 28.1 Å². The Hall–Kier alpha value is -1.14. The molecule has 0 spiro atoms. The largest absolute Gasteiger partial charge is 0.389 e. The minimum absolute atomic E-state index is 0.0652. The van der Waals surface area contributed by atoms with E-state index in [2.05, 4.69) is 26.6 Å². The van der Waals surface area contributed by atoms with Gasteiger partial charge in [0.2, 0.25) is 0 Å². The van der Waals surface area contributed by atoms with Crippen LogP contribution in [0.5, 0.6) is 0 Å². The van der Waals surface area contributed by atoms with Crippen LogP contribution in [0.1, 0.15) is 19.4 Å². The summed E-state index contributed by atoms with van der Waals surface area (Å²) in [6, 6.07) is 5.12. The average molecular weight is 316 g/mol. The maximum Gasteiger partial charge on any atom is 0.319 e. The van der Waals surface area contributed by atoms with E-state index in [1.807, 2.05) is 19.9 Å². The molecule has 0 saturated heterocycles. The Balaban J connectivity index is 2.92. The number of hydrogen-bond donors (Lipinski definition) is 3. The molecule has 0 unspecified atom stereocenters. The van der Waals surface area contributed by atoms with Crippen LogP contribution in [0, 0.1) is 0 Å². The predicted molar refractivity (Wildman–Crippen MR) is 77.3 cm³/mol. The molecule has 1 aromatic rings. The van der Waals surface area contributed by atoms with Gasteiger partial charge in [-0.25, -0.2) is 4.79 Å². The van der Waals surface area contributed by atoms with Crippen molar-refractivity contribution in [2.75, 3.05) is 5.32 Å². The number of amides is 2. The zero-order valence-corrected chi connectivity index (χ0v) is 12.0. The Bertz CT molecular complexity index is 448. The number of nitrogens with two attached hydrogens (primary N) is 1. The maximum atomic E-state index is 11.6. The fourth-order valence-electron chi connectivity index (χ4n) is 1.26. The van der Waals surface area contributed by atoms with Gasteiger partial charge in [-0.3, -0.25) is 0 Å². The van der Waals surface area contributed by atoms with Crippen LogP contribution < -0.4 is 16.4 Å². The smallest absolute Gasteiger partial charge is 0.319 e. The van der Waals surface area contributed by atoms with Gasteiger partial charge < -0.3 is 16.4 Å². The van der Waals surface area contributed by atoms with E-state index in [4.69, 9.17) is 18.0 Å². The number of anilines is 1. The standard InChI is InChI=1S/C11H14BrN3OS/c1-6(2)14-11(16)15-9-5-7(12)3-4-8(9)10(13)17/h3-6H,1-2H3,(H2,13,17)(H2,14,15,16). The van der Waals surface area contributed by atoms with Crippen molar-refractivity contribution in [2.24, 2.45) is 5.73 Å². The number of halogens is 1. The summed E-state index contributed by atoms with van der Waals surface area (Å²) in [5.74, 6) is 0. The van der Waals surface area contributed by atoms with E-state index in [1.165, 1.54) is 0 Å². The minimum atomic E-state index is -0.282. The number of hydrogen-bond acceptors (Lipinski definition) is 2. The lowest BCUT2D eigenvalue weighted by Crippen LogP contribution is -2.34. The molecular weight excluding hydrogens is 302 g/mol. The molecule has 92 valence electrons. The molecule has 0 saturated carbocycles. The van der Waals surface area contributed by atoms with E-state index in [9.17, 15) is 4.79 Å². The summed E-state index contributed by atoms with van der Waals surface area (Å²) in [5, 5.41) is 5.44. The Labute approximate surface area is 114 Å². The van der Waals surface area contributed by atoms with Crippen molar-refractivity contribution >= 4 is 44.9 Å². The third kappa shape index (κ3) is 4.32. The number of rotatable bonds is 3. The highest BCUT2D eigenvalue weighted by molar-refractivity contribution is 9.10. The topological polar surface area (TPSA) is 67.2 Å². The molecule has 2 amide bonds. The van der Waals surface area contributed by atoms with E-state index in [-0.39, 0.29) is 17.1 Å². The summed E-state index contributed by atoms with van der Waals surface area (Å²) in [6.07, 6.45) is 0. The Kier molecular flexibility index (Phi) is 4.89. The normalized spacial score (nSPS) is 10.1. The third-order valence-corrected chi connectivity index (χ3v) is 2.63. The molecule has 0 aliphatic rings. The van der Waals surface area contributed by atoms with Gasteiger partial charge in [0.15, 0.2) is 0 Å². The number of thiocarbonyl (C=S) groups is 1. The average Bonchev–Trinajstić information content (AvgIpc) is 2.15. The van der Waals surface area contributed by atoms with Gasteiger partial charge in [0.05, 0.1) is 5.69 Å². The zero-order valence-electron chi connectivity index (χ0n) is 9.58. The SMILES string of the molecule is CC(C)NC(=O)Nc1cc(Br)ccc1C(N)=S. The summed E-state index contributed by atoms with van der Waals surface area (Å²) in [6.45, 7) is 3.77. The second-order valence-corrected chi connectivity index (χ2v) is 5.16. The molecule has 1 rings (SSSR count). The Morgan fingerprint density at radius 1 is 1.47 bits per heavy atom. The molecule has 0 aliphatic heterocycles. The van der Waals surface area contributed by atoms with Crippen molar-refractivity contribution in [1.29, 1.82) is 0 Å². The number of carbonyl (C=O) groups excluding carboxylic acids is 1. The highest BCUT2D eigenvalue weighted by Gasteiger charge is 2.09. The predicted octanol–water partition coefficient (Wildman–Crippen LogP) is 2.61. The molecular formula is C11H14BrN3OS.